The van der Waals surface area contributed by atoms with Crippen molar-refractivity contribution in [3.63, 3.8) is 0 Å². The Kier molecular flexibility index (Phi) is 5.86. The third kappa shape index (κ3) is 5.02. The molecule has 4 aromatic rings. The van der Waals surface area contributed by atoms with E-state index in [2.05, 4.69) is 10.0 Å². The van der Waals surface area contributed by atoms with E-state index in [0.717, 1.165) is 10.8 Å². The fourth-order valence-corrected chi connectivity index (χ4v) is 4.18. The largest absolute Gasteiger partial charge is 0.484 e. The summed E-state index contributed by atoms with van der Waals surface area (Å²) < 4.78 is 33.7. The molecule has 4 rings (SSSR count). The number of rotatable bonds is 7. The van der Waals surface area contributed by atoms with Crippen LogP contribution in [0.25, 0.3) is 10.8 Å². The average Bonchev–Trinajstić information content (AvgIpc) is 2.79. The Balaban J connectivity index is 1.42. The highest BCUT2D eigenvalue weighted by molar-refractivity contribution is 7.92. The molecular formula is C24H20N2O4S. The maximum atomic E-state index is 12.8. The van der Waals surface area contributed by atoms with E-state index < -0.39 is 10.0 Å². The van der Waals surface area contributed by atoms with E-state index >= 15 is 0 Å². The predicted octanol–water partition coefficient (Wildman–Crippen LogP) is 4.66. The number of ether oxygens (including phenoxy) is 1. The van der Waals surface area contributed by atoms with Crippen molar-refractivity contribution in [3.8, 4) is 5.75 Å². The molecule has 4 aromatic carbocycles. The standard InChI is InChI=1S/C24H20N2O4S/c27-24(17-30-20-9-2-1-3-10-20)25-19-13-15-21(16-14-19)31(28,29)26-23-12-6-8-18-7-4-5-11-22(18)23/h1-16,26H,17H2,(H,25,27). The molecule has 7 heteroatoms. The SMILES string of the molecule is O=C(COc1ccccc1)Nc1ccc(S(=O)(=O)Nc2cccc3ccccc23)cc1. The predicted molar refractivity (Wildman–Crippen MR) is 122 cm³/mol. The zero-order valence-electron chi connectivity index (χ0n) is 16.5. The zero-order chi connectivity index (χ0) is 21.7. The van der Waals surface area contributed by atoms with Crippen LogP contribution >= 0.6 is 0 Å². The Hall–Kier alpha value is -3.84. The van der Waals surface area contributed by atoms with Gasteiger partial charge in [0, 0.05) is 11.1 Å². The van der Waals surface area contributed by atoms with Gasteiger partial charge in [0.15, 0.2) is 6.61 Å². The van der Waals surface area contributed by atoms with E-state index in [1.54, 1.807) is 24.3 Å². The normalized spacial score (nSPS) is 11.1. The van der Waals surface area contributed by atoms with Crippen molar-refractivity contribution >= 4 is 38.1 Å². The molecule has 1 amide bonds. The van der Waals surface area contributed by atoms with Gasteiger partial charge in [0.25, 0.3) is 15.9 Å². The average molecular weight is 433 g/mol. The highest BCUT2D eigenvalue weighted by Crippen LogP contribution is 2.26. The molecule has 0 fully saturated rings. The lowest BCUT2D eigenvalue weighted by molar-refractivity contribution is -0.118. The quantitative estimate of drug-likeness (QED) is 0.445. The first-order valence-electron chi connectivity index (χ1n) is 9.60. The van der Waals surface area contributed by atoms with Crippen LogP contribution < -0.4 is 14.8 Å². The number of benzene rings is 4. The molecule has 2 N–H and O–H groups in total. The van der Waals surface area contributed by atoms with Crippen molar-refractivity contribution < 1.29 is 17.9 Å². The maximum Gasteiger partial charge on any atom is 0.262 e. The monoisotopic (exact) mass is 432 g/mol. The molecule has 0 aromatic heterocycles. The van der Waals surface area contributed by atoms with Crippen LogP contribution in [0, 0.1) is 0 Å². The van der Waals surface area contributed by atoms with Crippen molar-refractivity contribution in [1.29, 1.82) is 0 Å². The fraction of sp³-hybridized carbons (Fsp3) is 0.0417. The van der Waals surface area contributed by atoms with Crippen LogP contribution in [0.1, 0.15) is 0 Å². The van der Waals surface area contributed by atoms with Crippen molar-refractivity contribution in [2.24, 2.45) is 0 Å². The van der Waals surface area contributed by atoms with E-state index in [1.807, 2.05) is 48.5 Å². The molecule has 0 bridgehead atoms. The number of carbonyl (C=O) groups is 1. The fourth-order valence-electron chi connectivity index (χ4n) is 3.10. The topological polar surface area (TPSA) is 84.5 Å². The van der Waals surface area contributed by atoms with Gasteiger partial charge in [0.2, 0.25) is 0 Å². The van der Waals surface area contributed by atoms with Crippen LogP contribution in [-0.4, -0.2) is 20.9 Å². The Bertz CT molecular complexity index is 1300. The van der Waals surface area contributed by atoms with Gasteiger partial charge in [-0.3, -0.25) is 9.52 Å². The molecule has 0 spiro atoms. The van der Waals surface area contributed by atoms with Gasteiger partial charge < -0.3 is 10.1 Å². The van der Waals surface area contributed by atoms with Crippen LogP contribution in [-0.2, 0) is 14.8 Å². The summed E-state index contributed by atoms with van der Waals surface area (Å²) in [5, 5.41) is 4.44. The third-order valence-electron chi connectivity index (χ3n) is 4.60. The Morgan fingerprint density at radius 3 is 2.23 bits per heavy atom. The van der Waals surface area contributed by atoms with Gasteiger partial charge in [0.1, 0.15) is 5.75 Å². The summed E-state index contributed by atoms with van der Waals surface area (Å²) >= 11 is 0. The van der Waals surface area contributed by atoms with Crippen LogP contribution in [0.15, 0.2) is 102 Å². The molecule has 0 aliphatic carbocycles. The number of hydrogen-bond acceptors (Lipinski definition) is 4. The minimum absolute atomic E-state index is 0.0963. The number of anilines is 2. The van der Waals surface area contributed by atoms with E-state index in [4.69, 9.17) is 4.74 Å². The van der Waals surface area contributed by atoms with Gasteiger partial charge >= 0.3 is 0 Å². The summed E-state index contributed by atoms with van der Waals surface area (Å²) in [6, 6.07) is 28.0. The first kappa shape index (κ1) is 20.4. The molecule has 0 aliphatic rings. The Morgan fingerprint density at radius 1 is 0.774 bits per heavy atom. The lowest BCUT2D eigenvalue weighted by Crippen LogP contribution is -2.20. The number of hydrogen-bond donors (Lipinski definition) is 2. The second kappa shape index (κ2) is 8.89. The minimum atomic E-state index is -3.78. The Labute approximate surface area is 180 Å². The smallest absolute Gasteiger partial charge is 0.262 e. The van der Waals surface area contributed by atoms with Gasteiger partial charge in [0.05, 0.1) is 10.6 Å². The molecule has 0 saturated heterocycles. The molecule has 0 saturated carbocycles. The summed E-state index contributed by atoms with van der Waals surface area (Å²) in [6.07, 6.45) is 0. The zero-order valence-corrected chi connectivity index (χ0v) is 17.3. The van der Waals surface area contributed by atoms with Crippen molar-refractivity contribution in [1.82, 2.24) is 0 Å². The van der Waals surface area contributed by atoms with Crippen molar-refractivity contribution in [2.75, 3.05) is 16.6 Å². The third-order valence-corrected chi connectivity index (χ3v) is 5.98. The molecule has 31 heavy (non-hydrogen) atoms. The number of para-hydroxylation sites is 1. The van der Waals surface area contributed by atoms with Crippen LogP contribution in [0.4, 0.5) is 11.4 Å². The van der Waals surface area contributed by atoms with Crippen LogP contribution in [0.5, 0.6) is 5.75 Å². The van der Waals surface area contributed by atoms with Crippen molar-refractivity contribution in [3.05, 3.63) is 97.1 Å². The number of fused-ring (bicyclic) bond motifs is 1. The summed E-state index contributed by atoms with van der Waals surface area (Å²) in [4.78, 5) is 12.2. The van der Waals surface area contributed by atoms with Gasteiger partial charge in [-0.25, -0.2) is 8.42 Å². The molecular weight excluding hydrogens is 412 g/mol. The molecule has 0 unspecified atom stereocenters. The summed E-state index contributed by atoms with van der Waals surface area (Å²) in [5.41, 5.74) is 0.985. The first-order valence-corrected chi connectivity index (χ1v) is 11.1. The Morgan fingerprint density at radius 2 is 1.45 bits per heavy atom. The van der Waals surface area contributed by atoms with Gasteiger partial charge in [-0.1, -0.05) is 54.6 Å². The summed E-state index contributed by atoms with van der Waals surface area (Å²) in [5.74, 6) is 0.256. The first-order chi connectivity index (χ1) is 15.0. The minimum Gasteiger partial charge on any atom is -0.484 e. The number of carbonyl (C=O) groups excluding carboxylic acids is 1. The van der Waals surface area contributed by atoms with Gasteiger partial charge in [-0.15, -0.1) is 0 Å². The number of sulfonamides is 1. The van der Waals surface area contributed by atoms with E-state index in [1.165, 1.54) is 24.3 Å². The maximum absolute atomic E-state index is 12.8. The van der Waals surface area contributed by atoms with Gasteiger partial charge in [-0.05, 0) is 47.9 Å². The van der Waals surface area contributed by atoms with E-state index in [0.29, 0.717) is 17.1 Å². The summed E-state index contributed by atoms with van der Waals surface area (Å²) in [6.45, 7) is -0.146. The van der Waals surface area contributed by atoms with Crippen molar-refractivity contribution in [2.45, 2.75) is 4.90 Å². The lowest BCUT2D eigenvalue weighted by Gasteiger charge is -2.12. The lowest BCUT2D eigenvalue weighted by atomic mass is 10.1. The van der Waals surface area contributed by atoms with E-state index in [-0.39, 0.29) is 17.4 Å². The molecule has 6 nitrogen and oxygen atoms in total. The molecule has 0 aliphatic heterocycles. The molecule has 156 valence electrons. The van der Waals surface area contributed by atoms with Crippen LogP contribution in [0.3, 0.4) is 0 Å². The van der Waals surface area contributed by atoms with Crippen LogP contribution in [0.2, 0.25) is 0 Å². The number of nitrogens with one attached hydrogen (secondary N) is 2. The van der Waals surface area contributed by atoms with Gasteiger partial charge in [-0.2, -0.15) is 0 Å². The second-order valence-corrected chi connectivity index (χ2v) is 8.49. The summed E-state index contributed by atoms with van der Waals surface area (Å²) in [7, 11) is -3.78. The highest BCUT2D eigenvalue weighted by Gasteiger charge is 2.16. The second-order valence-electron chi connectivity index (χ2n) is 6.81. The van der Waals surface area contributed by atoms with E-state index in [9.17, 15) is 13.2 Å². The highest BCUT2D eigenvalue weighted by atomic mass is 32.2. The molecule has 0 heterocycles. The molecule has 0 atom stereocenters. The number of amides is 1. The molecule has 0 radical (unpaired) electrons.